The van der Waals surface area contributed by atoms with Gasteiger partial charge in [0.1, 0.15) is 23.2 Å². The summed E-state index contributed by atoms with van der Waals surface area (Å²) in [6.45, 7) is 2.67. The minimum atomic E-state index is -0.0530. The molecule has 0 spiro atoms. The van der Waals surface area contributed by atoms with Gasteiger partial charge < -0.3 is 20.3 Å². The zero-order valence-electron chi connectivity index (χ0n) is 18.2. The number of hydrogen-bond donors (Lipinski definition) is 2. The van der Waals surface area contributed by atoms with E-state index in [2.05, 4.69) is 38.1 Å². The molecule has 2 aromatic heterocycles. The Bertz CT molecular complexity index is 1030. The number of anilines is 1. The predicted molar refractivity (Wildman–Crippen MR) is 130 cm³/mol. The van der Waals surface area contributed by atoms with Gasteiger partial charge in [0.2, 0.25) is 0 Å². The molecule has 32 heavy (non-hydrogen) atoms. The zero-order chi connectivity index (χ0) is 22.3. The lowest BCUT2D eigenvalue weighted by atomic mass is 10.1. The maximum absolute atomic E-state index is 13.1. The molecule has 1 amide bonds. The third-order valence-corrected chi connectivity index (χ3v) is 6.76. The van der Waals surface area contributed by atoms with Crippen molar-refractivity contribution in [2.75, 3.05) is 38.3 Å². The van der Waals surface area contributed by atoms with E-state index < -0.39 is 0 Å². The summed E-state index contributed by atoms with van der Waals surface area (Å²) in [5, 5.41) is 9.18. The third-order valence-electron chi connectivity index (χ3n) is 5.23. The predicted octanol–water partition coefficient (Wildman–Crippen LogP) is 4.06. The van der Waals surface area contributed by atoms with Crippen LogP contribution in [-0.4, -0.2) is 53.7 Å². The quantitative estimate of drug-likeness (QED) is 0.361. The van der Waals surface area contributed by atoms with E-state index in [1.54, 1.807) is 17.5 Å². The van der Waals surface area contributed by atoms with Crippen LogP contribution in [0.1, 0.15) is 33.3 Å². The number of aromatic nitrogens is 2. The molecule has 1 unspecified atom stereocenters. The summed E-state index contributed by atoms with van der Waals surface area (Å²) in [6, 6.07) is 12.2. The average Bonchev–Trinajstić information content (AvgIpc) is 3.31. The number of thiophene rings is 1. The largest absolute Gasteiger partial charge is 0.485 e. The number of benzene rings is 1. The number of carbonyl (C=O) groups is 1. The normalized spacial score (nSPS) is 14.4. The second-order valence-electron chi connectivity index (χ2n) is 7.43. The molecule has 3 aromatic rings. The molecule has 0 fully saturated rings. The molecule has 2 N–H and O–H groups in total. The molecular weight excluding hydrogens is 442 g/mol. The minimum absolute atomic E-state index is 0.0224. The third kappa shape index (κ3) is 5.40. The summed E-state index contributed by atoms with van der Waals surface area (Å²) in [6.07, 6.45) is 4.46. The van der Waals surface area contributed by atoms with E-state index in [1.807, 2.05) is 42.5 Å². The van der Waals surface area contributed by atoms with Crippen LogP contribution in [-0.2, 0) is 6.54 Å². The number of ether oxygens (including phenoxy) is 1. The van der Waals surface area contributed by atoms with Gasteiger partial charge in [-0.3, -0.25) is 4.79 Å². The van der Waals surface area contributed by atoms with Crippen LogP contribution in [0.15, 0.2) is 53.1 Å². The van der Waals surface area contributed by atoms with E-state index in [4.69, 9.17) is 4.74 Å². The lowest BCUT2D eigenvalue weighted by molar-refractivity contribution is 0.0755. The fourth-order valence-electron chi connectivity index (χ4n) is 3.55. The first kappa shape index (κ1) is 22.6. The van der Waals surface area contributed by atoms with Crippen molar-refractivity contribution in [2.24, 2.45) is 0 Å². The van der Waals surface area contributed by atoms with Gasteiger partial charge in [0.05, 0.1) is 0 Å². The van der Waals surface area contributed by atoms with Crippen molar-refractivity contribution in [1.82, 2.24) is 20.2 Å². The van der Waals surface area contributed by atoms with Gasteiger partial charge in [0.15, 0.2) is 5.16 Å². The summed E-state index contributed by atoms with van der Waals surface area (Å²) in [4.78, 5) is 24.8. The van der Waals surface area contributed by atoms with Crippen molar-refractivity contribution >= 4 is 34.8 Å². The van der Waals surface area contributed by atoms with Crippen molar-refractivity contribution in [3.05, 3.63) is 64.0 Å². The molecule has 7 nitrogen and oxygen atoms in total. The van der Waals surface area contributed by atoms with Gasteiger partial charge in [0, 0.05) is 37.1 Å². The van der Waals surface area contributed by atoms with Crippen molar-refractivity contribution in [2.45, 2.75) is 24.2 Å². The number of thioether (sulfide) groups is 1. The first-order valence-electron chi connectivity index (χ1n) is 10.6. The number of nitrogens with zero attached hydrogens (tertiary/aromatic N) is 3. The molecule has 1 aliphatic rings. The summed E-state index contributed by atoms with van der Waals surface area (Å²) in [7, 11) is 1.95. The Labute approximate surface area is 196 Å². The van der Waals surface area contributed by atoms with Crippen molar-refractivity contribution in [3.8, 4) is 5.75 Å². The Morgan fingerprint density at radius 1 is 1.31 bits per heavy atom. The Balaban J connectivity index is 1.43. The smallest absolute Gasteiger partial charge is 0.259 e. The van der Waals surface area contributed by atoms with Crippen molar-refractivity contribution < 1.29 is 9.53 Å². The molecule has 1 aliphatic heterocycles. The van der Waals surface area contributed by atoms with Gasteiger partial charge in [-0.25, -0.2) is 9.97 Å². The van der Waals surface area contributed by atoms with E-state index in [0.717, 1.165) is 24.3 Å². The highest BCUT2D eigenvalue weighted by Crippen LogP contribution is 2.28. The fourth-order valence-corrected chi connectivity index (χ4v) is 4.68. The summed E-state index contributed by atoms with van der Waals surface area (Å²) in [5.74, 6) is 1.39. The van der Waals surface area contributed by atoms with E-state index in [-0.39, 0.29) is 12.0 Å². The molecule has 0 bridgehead atoms. The number of rotatable bonds is 9. The van der Waals surface area contributed by atoms with Gasteiger partial charge in [-0.15, -0.1) is 11.3 Å². The topological polar surface area (TPSA) is 79.4 Å². The standard InChI is InChI=1S/C23H27N5O2S2/c1-24-10-9-19(20-4-3-13-32-20)30-17-7-5-16(6-8-17)15-28-12-11-25-21-18(22(28)29)14-26-23(27-21)31-2/h3-8,13-14,19,24H,9-12,15H2,1-2H3,(H,25,26,27). The highest BCUT2D eigenvalue weighted by atomic mass is 32.2. The molecular formula is C23H27N5O2S2. The Morgan fingerprint density at radius 2 is 2.16 bits per heavy atom. The molecule has 1 atom stereocenters. The van der Waals surface area contributed by atoms with Gasteiger partial charge in [-0.05, 0) is 49.0 Å². The lowest BCUT2D eigenvalue weighted by Gasteiger charge is -2.21. The number of carbonyl (C=O) groups excluding carboxylic acids is 1. The average molecular weight is 470 g/mol. The number of fused-ring (bicyclic) bond motifs is 1. The minimum Gasteiger partial charge on any atom is -0.485 e. The van der Waals surface area contributed by atoms with Crippen LogP contribution in [0.4, 0.5) is 5.82 Å². The Kier molecular flexibility index (Phi) is 7.62. The van der Waals surface area contributed by atoms with E-state index in [1.165, 1.54) is 16.6 Å². The molecule has 9 heteroatoms. The second-order valence-corrected chi connectivity index (χ2v) is 9.18. The first-order valence-corrected chi connectivity index (χ1v) is 12.7. The molecule has 1 aromatic carbocycles. The molecule has 4 rings (SSSR count). The number of hydrogen-bond acceptors (Lipinski definition) is 8. The monoisotopic (exact) mass is 469 g/mol. The van der Waals surface area contributed by atoms with Crippen LogP contribution in [0.3, 0.4) is 0 Å². The van der Waals surface area contributed by atoms with Crippen LogP contribution in [0.5, 0.6) is 5.75 Å². The first-order chi connectivity index (χ1) is 15.7. The molecule has 168 valence electrons. The van der Waals surface area contributed by atoms with Crippen LogP contribution < -0.4 is 15.4 Å². The summed E-state index contributed by atoms with van der Waals surface area (Å²) >= 11 is 3.17. The van der Waals surface area contributed by atoms with Crippen LogP contribution in [0, 0.1) is 0 Å². The van der Waals surface area contributed by atoms with Crippen molar-refractivity contribution in [3.63, 3.8) is 0 Å². The maximum atomic E-state index is 13.1. The SMILES string of the molecule is CNCCC(Oc1ccc(CN2CCNc3nc(SC)ncc3C2=O)cc1)c1cccs1. The van der Waals surface area contributed by atoms with E-state index in [0.29, 0.717) is 36.2 Å². The number of amides is 1. The summed E-state index contributed by atoms with van der Waals surface area (Å²) in [5.41, 5.74) is 1.57. The highest BCUT2D eigenvalue weighted by molar-refractivity contribution is 7.98. The lowest BCUT2D eigenvalue weighted by Crippen LogP contribution is -2.32. The van der Waals surface area contributed by atoms with Crippen LogP contribution in [0.2, 0.25) is 0 Å². The maximum Gasteiger partial charge on any atom is 0.259 e. The van der Waals surface area contributed by atoms with Gasteiger partial charge in [-0.2, -0.15) is 0 Å². The fraction of sp³-hybridized carbons (Fsp3) is 0.348. The zero-order valence-corrected chi connectivity index (χ0v) is 19.8. The molecule has 0 aliphatic carbocycles. The molecule has 0 saturated heterocycles. The molecule has 0 saturated carbocycles. The second kappa shape index (κ2) is 10.8. The molecule has 0 radical (unpaired) electrons. The molecule has 3 heterocycles. The Hall–Kier alpha value is -2.62. The van der Waals surface area contributed by atoms with Gasteiger partial charge in [0.25, 0.3) is 5.91 Å². The van der Waals surface area contributed by atoms with E-state index >= 15 is 0 Å². The van der Waals surface area contributed by atoms with Gasteiger partial charge >= 0.3 is 0 Å². The highest BCUT2D eigenvalue weighted by Gasteiger charge is 2.24. The van der Waals surface area contributed by atoms with Crippen molar-refractivity contribution in [1.29, 1.82) is 0 Å². The Morgan fingerprint density at radius 3 is 2.88 bits per heavy atom. The van der Waals surface area contributed by atoms with Gasteiger partial charge in [-0.1, -0.05) is 30.0 Å². The van der Waals surface area contributed by atoms with E-state index in [9.17, 15) is 4.79 Å². The number of nitrogens with one attached hydrogen (secondary N) is 2. The van der Waals surface area contributed by atoms with Crippen LogP contribution in [0.25, 0.3) is 0 Å². The summed E-state index contributed by atoms with van der Waals surface area (Å²) < 4.78 is 6.28. The van der Waals surface area contributed by atoms with Crippen LogP contribution >= 0.6 is 23.1 Å².